The van der Waals surface area contributed by atoms with Crippen molar-refractivity contribution >= 4 is 11.9 Å². The van der Waals surface area contributed by atoms with Crippen LogP contribution in [0.25, 0.3) is 0 Å². The Balaban J connectivity index is 2.53. The molecule has 1 amide bonds. The fraction of sp³-hybridized carbons (Fsp3) is 0.643. The molecule has 0 unspecified atom stereocenters. The van der Waals surface area contributed by atoms with Crippen LogP contribution in [0.2, 0.25) is 0 Å². The normalized spacial score (nSPS) is 10.8. The fourth-order valence-electron chi connectivity index (χ4n) is 2.03. The molecule has 0 radical (unpaired) electrons. The van der Waals surface area contributed by atoms with Crippen molar-refractivity contribution in [3.05, 3.63) is 18.0 Å². The molecular weight excluding hydrogens is 258 g/mol. The van der Waals surface area contributed by atoms with Gasteiger partial charge in [0.05, 0.1) is 6.42 Å². The molecule has 0 aliphatic carbocycles. The third kappa shape index (κ3) is 5.42. The highest BCUT2D eigenvalue weighted by molar-refractivity contribution is 5.77. The minimum absolute atomic E-state index is 0.00106. The van der Waals surface area contributed by atoms with Gasteiger partial charge >= 0.3 is 5.97 Å². The maximum absolute atomic E-state index is 12.2. The van der Waals surface area contributed by atoms with Gasteiger partial charge in [0.1, 0.15) is 0 Å². The van der Waals surface area contributed by atoms with E-state index >= 15 is 0 Å². The summed E-state index contributed by atoms with van der Waals surface area (Å²) in [5.74, 6) is -0.552. The Hall–Kier alpha value is -1.85. The maximum atomic E-state index is 12.2. The van der Waals surface area contributed by atoms with Crippen molar-refractivity contribution in [1.82, 2.24) is 14.7 Å². The molecule has 0 spiro atoms. The first-order valence-corrected chi connectivity index (χ1v) is 6.86. The van der Waals surface area contributed by atoms with E-state index in [4.69, 9.17) is 5.11 Å². The van der Waals surface area contributed by atoms with Crippen LogP contribution in [0.4, 0.5) is 0 Å². The van der Waals surface area contributed by atoms with Gasteiger partial charge in [-0.05, 0) is 18.4 Å². The van der Waals surface area contributed by atoms with Gasteiger partial charge in [-0.1, -0.05) is 13.8 Å². The number of aryl methyl sites for hydroxylation is 2. The molecular formula is C14H23N3O3. The Morgan fingerprint density at radius 3 is 2.60 bits per heavy atom. The summed E-state index contributed by atoms with van der Waals surface area (Å²) in [7, 11) is 1.84. The molecule has 0 aliphatic rings. The summed E-state index contributed by atoms with van der Waals surface area (Å²) in [6.07, 6.45) is 2.70. The van der Waals surface area contributed by atoms with Gasteiger partial charge in [-0.25, -0.2) is 0 Å². The summed E-state index contributed by atoms with van der Waals surface area (Å²) in [6, 6.07) is 1.89. The van der Waals surface area contributed by atoms with E-state index < -0.39 is 5.97 Å². The molecule has 1 aromatic rings. The summed E-state index contributed by atoms with van der Waals surface area (Å²) in [5.41, 5.74) is 1.00. The quantitative estimate of drug-likeness (QED) is 0.779. The zero-order valence-corrected chi connectivity index (χ0v) is 12.4. The predicted molar refractivity (Wildman–Crippen MR) is 75.2 cm³/mol. The minimum atomic E-state index is -0.877. The lowest BCUT2D eigenvalue weighted by molar-refractivity contribution is -0.138. The van der Waals surface area contributed by atoms with Crippen molar-refractivity contribution in [3.63, 3.8) is 0 Å². The van der Waals surface area contributed by atoms with E-state index in [1.165, 1.54) is 0 Å². The molecule has 0 saturated carbocycles. The molecule has 0 fully saturated rings. The largest absolute Gasteiger partial charge is 0.481 e. The highest BCUT2D eigenvalue weighted by atomic mass is 16.4. The van der Waals surface area contributed by atoms with Crippen molar-refractivity contribution in [3.8, 4) is 0 Å². The molecule has 0 atom stereocenters. The zero-order valence-electron chi connectivity index (χ0n) is 12.4. The van der Waals surface area contributed by atoms with Crippen LogP contribution in [0.3, 0.4) is 0 Å². The standard InChI is InChI=1S/C14H23N3O3/c1-11(2)10-17(9-7-14(19)20)13(18)5-4-12-6-8-15-16(12)3/h6,8,11H,4-5,7,9-10H2,1-3H3,(H,19,20). The van der Waals surface area contributed by atoms with E-state index in [0.29, 0.717) is 25.3 Å². The number of carbonyl (C=O) groups is 2. The van der Waals surface area contributed by atoms with Crippen LogP contribution < -0.4 is 0 Å². The fourth-order valence-corrected chi connectivity index (χ4v) is 2.03. The lowest BCUT2D eigenvalue weighted by Crippen LogP contribution is -2.36. The molecule has 0 bridgehead atoms. The number of hydrogen-bond acceptors (Lipinski definition) is 3. The van der Waals surface area contributed by atoms with Crippen molar-refractivity contribution in [1.29, 1.82) is 0 Å². The molecule has 0 aromatic carbocycles. The van der Waals surface area contributed by atoms with Gasteiger partial charge in [0.15, 0.2) is 0 Å². The van der Waals surface area contributed by atoms with Crippen LogP contribution in [0.15, 0.2) is 12.3 Å². The Morgan fingerprint density at radius 1 is 1.40 bits per heavy atom. The van der Waals surface area contributed by atoms with Crippen LogP contribution in [0.1, 0.15) is 32.4 Å². The second-order valence-corrected chi connectivity index (χ2v) is 5.32. The van der Waals surface area contributed by atoms with E-state index in [0.717, 1.165) is 5.69 Å². The molecule has 0 saturated heterocycles. The number of amides is 1. The molecule has 1 heterocycles. The molecule has 6 heteroatoms. The molecule has 1 rings (SSSR count). The van der Waals surface area contributed by atoms with Crippen LogP contribution in [-0.4, -0.2) is 44.8 Å². The van der Waals surface area contributed by atoms with E-state index in [1.807, 2.05) is 27.0 Å². The van der Waals surface area contributed by atoms with E-state index in [1.54, 1.807) is 15.8 Å². The van der Waals surface area contributed by atoms with Crippen molar-refractivity contribution in [2.24, 2.45) is 13.0 Å². The SMILES string of the molecule is CC(C)CN(CCC(=O)O)C(=O)CCc1ccnn1C. The van der Waals surface area contributed by atoms with Crippen LogP contribution >= 0.6 is 0 Å². The van der Waals surface area contributed by atoms with Crippen molar-refractivity contribution in [2.75, 3.05) is 13.1 Å². The zero-order chi connectivity index (χ0) is 15.1. The van der Waals surface area contributed by atoms with Gasteiger partial charge in [-0.15, -0.1) is 0 Å². The monoisotopic (exact) mass is 281 g/mol. The summed E-state index contributed by atoms with van der Waals surface area (Å²) in [6.45, 7) is 4.90. The smallest absolute Gasteiger partial charge is 0.305 e. The number of aromatic nitrogens is 2. The first kappa shape index (κ1) is 16.2. The third-order valence-corrected chi connectivity index (χ3v) is 3.05. The first-order valence-electron chi connectivity index (χ1n) is 6.86. The summed E-state index contributed by atoms with van der Waals surface area (Å²) < 4.78 is 1.75. The molecule has 6 nitrogen and oxygen atoms in total. The number of aliphatic carboxylic acids is 1. The van der Waals surface area contributed by atoms with Crippen molar-refractivity contribution in [2.45, 2.75) is 33.1 Å². The number of carboxylic acid groups (broad SMARTS) is 1. The van der Waals surface area contributed by atoms with Gasteiger partial charge in [-0.3, -0.25) is 14.3 Å². The number of nitrogens with zero attached hydrogens (tertiary/aromatic N) is 3. The number of carboxylic acids is 1. The van der Waals surface area contributed by atoms with Gasteiger partial charge in [0.2, 0.25) is 5.91 Å². The summed E-state index contributed by atoms with van der Waals surface area (Å²) in [4.78, 5) is 24.5. The molecule has 0 aliphatic heterocycles. The van der Waals surface area contributed by atoms with Crippen LogP contribution in [0, 0.1) is 5.92 Å². The Bertz CT molecular complexity index is 454. The first-order chi connectivity index (χ1) is 9.40. The lowest BCUT2D eigenvalue weighted by Gasteiger charge is -2.24. The number of carbonyl (C=O) groups excluding carboxylic acids is 1. The summed E-state index contributed by atoms with van der Waals surface area (Å²) >= 11 is 0. The molecule has 1 N–H and O–H groups in total. The van der Waals surface area contributed by atoms with Gasteiger partial charge in [0.25, 0.3) is 0 Å². The lowest BCUT2D eigenvalue weighted by atomic mass is 10.1. The minimum Gasteiger partial charge on any atom is -0.481 e. The van der Waals surface area contributed by atoms with E-state index in [-0.39, 0.29) is 18.9 Å². The predicted octanol–water partition coefficient (Wildman–Crippen LogP) is 1.31. The second kappa shape index (κ2) is 7.67. The Labute approximate surface area is 119 Å². The maximum Gasteiger partial charge on any atom is 0.305 e. The molecule has 1 aromatic heterocycles. The van der Waals surface area contributed by atoms with Crippen LogP contribution in [0.5, 0.6) is 0 Å². The highest BCUT2D eigenvalue weighted by Gasteiger charge is 2.16. The Morgan fingerprint density at radius 2 is 2.10 bits per heavy atom. The van der Waals surface area contributed by atoms with Crippen molar-refractivity contribution < 1.29 is 14.7 Å². The average Bonchev–Trinajstić information content (AvgIpc) is 2.76. The van der Waals surface area contributed by atoms with Crippen LogP contribution in [-0.2, 0) is 23.1 Å². The van der Waals surface area contributed by atoms with Gasteiger partial charge in [0, 0.05) is 38.4 Å². The highest BCUT2D eigenvalue weighted by Crippen LogP contribution is 2.07. The van der Waals surface area contributed by atoms with Gasteiger partial charge < -0.3 is 10.0 Å². The number of hydrogen-bond donors (Lipinski definition) is 1. The molecule has 20 heavy (non-hydrogen) atoms. The van der Waals surface area contributed by atoms with E-state index in [2.05, 4.69) is 5.10 Å². The second-order valence-electron chi connectivity index (χ2n) is 5.32. The molecule has 112 valence electrons. The topological polar surface area (TPSA) is 75.4 Å². The third-order valence-electron chi connectivity index (χ3n) is 3.05. The Kier molecular flexibility index (Phi) is 6.21. The van der Waals surface area contributed by atoms with E-state index in [9.17, 15) is 9.59 Å². The number of rotatable bonds is 8. The van der Waals surface area contributed by atoms with Gasteiger partial charge in [-0.2, -0.15) is 5.10 Å². The summed E-state index contributed by atoms with van der Waals surface area (Å²) in [5, 5.41) is 12.8. The average molecular weight is 281 g/mol.